The molecule has 2 aliphatic carbocycles. The van der Waals surface area contributed by atoms with Crippen molar-refractivity contribution in [1.82, 2.24) is 0 Å². The minimum atomic E-state index is -0.422. The van der Waals surface area contributed by atoms with Crippen LogP contribution >= 0.6 is 0 Å². The maximum absolute atomic E-state index is 2.52. The molecule has 6 aromatic rings. The van der Waals surface area contributed by atoms with Gasteiger partial charge in [0.1, 0.15) is 0 Å². The molecule has 0 saturated heterocycles. The molecule has 1 nitrogen and oxygen atoms in total. The maximum Gasteiger partial charge on any atom is 0.0726 e. The van der Waals surface area contributed by atoms with Crippen molar-refractivity contribution < 1.29 is 0 Å². The van der Waals surface area contributed by atoms with Gasteiger partial charge in [-0.2, -0.15) is 0 Å². The summed E-state index contributed by atoms with van der Waals surface area (Å²) in [4.78, 5) is 2.39. The van der Waals surface area contributed by atoms with Crippen LogP contribution in [-0.4, -0.2) is 0 Å². The fraction of sp³-hybridized carbons (Fsp3) is 0.200. The largest absolute Gasteiger partial charge is 0.310 e. The average molecular weight is 596 g/mol. The van der Waals surface area contributed by atoms with E-state index in [1.54, 1.807) is 0 Å². The zero-order valence-electron chi connectivity index (χ0n) is 27.7. The van der Waals surface area contributed by atoms with Crippen LogP contribution in [0.5, 0.6) is 0 Å². The number of nitrogens with zero attached hydrogens (tertiary/aromatic N) is 1. The number of fused-ring (bicyclic) bond motifs is 10. The van der Waals surface area contributed by atoms with E-state index in [1.165, 1.54) is 55.6 Å². The van der Waals surface area contributed by atoms with Gasteiger partial charge >= 0.3 is 0 Å². The molecule has 1 unspecified atom stereocenters. The fourth-order valence-electron chi connectivity index (χ4n) is 7.85. The Kier molecular flexibility index (Phi) is 6.25. The topological polar surface area (TPSA) is 3.24 Å². The molecule has 46 heavy (non-hydrogen) atoms. The molecule has 0 heterocycles. The molecular weight excluding hydrogens is 555 g/mol. The third-order valence-electron chi connectivity index (χ3n) is 10.2. The van der Waals surface area contributed by atoms with Crippen molar-refractivity contribution in [3.05, 3.63) is 173 Å². The minimum Gasteiger partial charge on any atom is -0.310 e. The molecule has 6 aromatic carbocycles. The Balaban J connectivity index is 1.49. The third kappa shape index (κ3) is 4.14. The first kappa shape index (κ1) is 28.6. The molecule has 8 rings (SSSR count). The lowest BCUT2D eigenvalue weighted by Crippen LogP contribution is -2.27. The first-order chi connectivity index (χ1) is 22.1. The van der Waals surface area contributed by atoms with Gasteiger partial charge in [-0.25, -0.2) is 0 Å². The third-order valence-corrected chi connectivity index (χ3v) is 10.2. The summed E-state index contributed by atoms with van der Waals surface area (Å²) >= 11 is 0. The van der Waals surface area contributed by atoms with Gasteiger partial charge in [0.05, 0.1) is 5.41 Å². The van der Waals surface area contributed by atoms with Gasteiger partial charge in [-0.1, -0.05) is 145 Å². The molecule has 2 aliphatic rings. The van der Waals surface area contributed by atoms with E-state index in [0.29, 0.717) is 0 Å². The molecule has 0 aliphatic heterocycles. The highest BCUT2D eigenvalue weighted by molar-refractivity contribution is 5.96. The molecule has 1 atom stereocenters. The fourth-order valence-corrected chi connectivity index (χ4v) is 7.85. The van der Waals surface area contributed by atoms with E-state index in [-0.39, 0.29) is 10.8 Å². The summed E-state index contributed by atoms with van der Waals surface area (Å²) in [5.41, 5.74) is 16.7. The first-order valence-electron chi connectivity index (χ1n) is 16.5. The number of hydrogen-bond donors (Lipinski definition) is 0. The van der Waals surface area contributed by atoms with E-state index in [1.807, 2.05) is 0 Å². The van der Waals surface area contributed by atoms with E-state index in [2.05, 4.69) is 186 Å². The molecule has 1 heteroatoms. The zero-order valence-corrected chi connectivity index (χ0v) is 27.7. The van der Waals surface area contributed by atoms with Crippen LogP contribution in [-0.2, 0) is 16.2 Å². The highest BCUT2D eigenvalue weighted by Gasteiger charge is 2.52. The first-order valence-corrected chi connectivity index (χ1v) is 16.5. The lowest BCUT2D eigenvalue weighted by atomic mass is 9.68. The Morgan fingerprint density at radius 1 is 0.370 bits per heavy atom. The van der Waals surface area contributed by atoms with E-state index in [0.717, 1.165) is 17.1 Å². The van der Waals surface area contributed by atoms with Crippen LogP contribution in [0.1, 0.15) is 74.9 Å². The summed E-state index contributed by atoms with van der Waals surface area (Å²) < 4.78 is 0. The molecule has 226 valence electrons. The van der Waals surface area contributed by atoms with Gasteiger partial charge in [-0.05, 0) is 103 Å². The van der Waals surface area contributed by atoms with Crippen LogP contribution in [0.2, 0.25) is 0 Å². The van der Waals surface area contributed by atoms with Crippen LogP contribution in [0, 0.1) is 0 Å². The Morgan fingerprint density at radius 3 is 1.28 bits per heavy atom. The average Bonchev–Trinajstić information content (AvgIpc) is 3.51. The van der Waals surface area contributed by atoms with E-state index in [4.69, 9.17) is 0 Å². The molecule has 0 amide bonds. The van der Waals surface area contributed by atoms with E-state index < -0.39 is 5.41 Å². The zero-order chi connectivity index (χ0) is 31.8. The number of benzene rings is 6. The number of hydrogen-bond acceptors (Lipinski definition) is 1. The Morgan fingerprint density at radius 2 is 0.783 bits per heavy atom. The van der Waals surface area contributed by atoms with Crippen LogP contribution in [0.4, 0.5) is 17.1 Å². The molecule has 0 radical (unpaired) electrons. The second-order valence-corrected chi connectivity index (χ2v) is 15.1. The SMILES string of the molecule is CC(C)(C)c1ccc2c(c1)C1(c3ccccc3-2)c2cc(N(c3ccccc3)c3ccccc3)ccc2-c2ccc(C(C)(C)C)cc21. The van der Waals surface area contributed by atoms with Gasteiger partial charge in [-0.15, -0.1) is 0 Å². The van der Waals surface area contributed by atoms with Crippen LogP contribution in [0.3, 0.4) is 0 Å². The van der Waals surface area contributed by atoms with Gasteiger partial charge in [0.25, 0.3) is 0 Å². The normalized spacial score (nSPS) is 16.1. The van der Waals surface area contributed by atoms with Crippen LogP contribution in [0.15, 0.2) is 140 Å². The summed E-state index contributed by atoms with van der Waals surface area (Å²) in [6.45, 7) is 14.0. The predicted octanol–water partition coefficient (Wildman–Crippen LogP) is 12.1. The number of anilines is 3. The lowest BCUT2D eigenvalue weighted by Gasteiger charge is -2.34. The minimum absolute atomic E-state index is 0.0295. The number of rotatable bonds is 3. The molecule has 0 bridgehead atoms. The molecule has 0 fully saturated rings. The highest BCUT2D eigenvalue weighted by atomic mass is 15.1. The quantitative estimate of drug-likeness (QED) is 0.196. The predicted molar refractivity (Wildman–Crippen MR) is 195 cm³/mol. The van der Waals surface area contributed by atoms with Crippen molar-refractivity contribution in [3.8, 4) is 22.3 Å². The molecular formula is C45H41N. The maximum atomic E-state index is 2.52. The van der Waals surface area contributed by atoms with Crippen molar-refractivity contribution in [2.75, 3.05) is 4.90 Å². The van der Waals surface area contributed by atoms with Gasteiger partial charge < -0.3 is 4.90 Å². The van der Waals surface area contributed by atoms with Crippen molar-refractivity contribution >= 4 is 17.1 Å². The van der Waals surface area contributed by atoms with Gasteiger partial charge in [0.15, 0.2) is 0 Å². The summed E-state index contributed by atoms with van der Waals surface area (Å²) in [5, 5.41) is 0. The van der Waals surface area contributed by atoms with Crippen molar-refractivity contribution in [3.63, 3.8) is 0 Å². The van der Waals surface area contributed by atoms with Gasteiger partial charge in [-0.3, -0.25) is 0 Å². The smallest absolute Gasteiger partial charge is 0.0726 e. The Bertz CT molecular complexity index is 2040. The summed E-state index contributed by atoms with van der Waals surface area (Å²) in [5.74, 6) is 0. The highest BCUT2D eigenvalue weighted by Crippen LogP contribution is 2.64. The standard InChI is InChI=1S/C45H41N/c1-43(2,3)30-21-24-36-35-19-13-14-20-39(35)45(40(36)27-30)41-28-31(44(4,5)6)22-25-37(41)38-26-23-34(29-42(38)45)46(32-15-9-7-10-16-32)33-17-11-8-12-18-33/h7-29H,1-6H3. The van der Waals surface area contributed by atoms with Gasteiger partial charge in [0, 0.05) is 17.1 Å². The molecule has 0 aromatic heterocycles. The lowest BCUT2D eigenvalue weighted by molar-refractivity contribution is 0.586. The molecule has 0 saturated carbocycles. The summed E-state index contributed by atoms with van der Waals surface area (Å²) in [6.07, 6.45) is 0. The second kappa shape index (κ2) is 10.1. The van der Waals surface area contributed by atoms with E-state index in [9.17, 15) is 0 Å². The second-order valence-electron chi connectivity index (χ2n) is 15.1. The van der Waals surface area contributed by atoms with Crippen LogP contribution < -0.4 is 4.90 Å². The Hall–Kier alpha value is -4.88. The van der Waals surface area contributed by atoms with Crippen molar-refractivity contribution in [2.45, 2.75) is 57.8 Å². The number of para-hydroxylation sites is 2. The monoisotopic (exact) mass is 595 g/mol. The van der Waals surface area contributed by atoms with Crippen LogP contribution in [0.25, 0.3) is 22.3 Å². The van der Waals surface area contributed by atoms with Crippen molar-refractivity contribution in [2.24, 2.45) is 0 Å². The molecule has 1 spiro atoms. The Labute approximate surface area is 274 Å². The summed E-state index contributed by atoms with van der Waals surface area (Å²) in [6, 6.07) is 52.3. The molecule has 0 N–H and O–H groups in total. The van der Waals surface area contributed by atoms with Crippen molar-refractivity contribution in [1.29, 1.82) is 0 Å². The summed E-state index contributed by atoms with van der Waals surface area (Å²) in [7, 11) is 0. The van der Waals surface area contributed by atoms with E-state index >= 15 is 0 Å². The van der Waals surface area contributed by atoms with Gasteiger partial charge in [0.2, 0.25) is 0 Å².